The van der Waals surface area contributed by atoms with Crippen LogP contribution in [0.25, 0.3) is 0 Å². The van der Waals surface area contributed by atoms with Crippen LogP contribution in [0.3, 0.4) is 0 Å². The monoisotopic (exact) mass is 299 g/mol. The molecule has 1 atom stereocenters. The van der Waals surface area contributed by atoms with Gasteiger partial charge in [-0.1, -0.05) is 26.2 Å². The zero-order chi connectivity index (χ0) is 15.5. The minimum Gasteiger partial charge on any atom is -0.494 e. The van der Waals surface area contributed by atoms with Crippen molar-refractivity contribution >= 4 is 5.69 Å². The number of aliphatic hydroxyl groups excluding tert-OH is 1. The van der Waals surface area contributed by atoms with E-state index in [0.717, 1.165) is 12.8 Å². The lowest BCUT2D eigenvalue weighted by molar-refractivity contribution is 0.0417. The second-order valence-corrected chi connectivity index (χ2v) is 5.02. The Hall–Kier alpha value is -1.33. The van der Waals surface area contributed by atoms with Crippen LogP contribution in [0.5, 0.6) is 5.75 Å². The SMILES string of the molecule is CCCCCCOCC(O)CNc1ccc(OC)c(F)c1. The van der Waals surface area contributed by atoms with Crippen molar-refractivity contribution < 1.29 is 19.0 Å². The van der Waals surface area contributed by atoms with E-state index in [4.69, 9.17) is 9.47 Å². The van der Waals surface area contributed by atoms with Crippen LogP contribution in [0, 0.1) is 5.82 Å². The third-order valence-electron chi connectivity index (χ3n) is 3.15. The summed E-state index contributed by atoms with van der Waals surface area (Å²) in [6.45, 7) is 3.45. The summed E-state index contributed by atoms with van der Waals surface area (Å²) in [7, 11) is 1.42. The van der Waals surface area contributed by atoms with Gasteiger partial charge in [-0.15, -0.1) is 0 Å². The zero-order valence-electron chi connectivity index (χ0n) is 12.9. The minimum atomic E-state index is -0.610. The molecule has 0 bridgehead atoms. The van der Waals surface area contributed by atoms with E-state index in [1.165, 1.54) is 26.0 Å². The van der Waals surface area contributed by atoms with E-state index in [1.54, 1.807) is 12.1 Å². The first-order valence-corrected chi connectivity index (χ1v) is 7.50. The highest BCUT2D eigenvalue weighted by atomic mass is 19.1. The first kappa shape index (κ1) is 17.7. The average Bonchev–Trinajstić information content (AvgIpc) is 2.49. The van der Waals surface area contributed by atoms with Gasteiger partial charge in [0.15, 0.2) is 11.6 Å². The van der Waals surface area contributed by atoms with Crippen LogP contribution in [-0.2, 0) is 4.74 Å². The third-order valence-corrected chi connectivity index (χ3v) is 3.15. The van der Waals surface area contributed by atoms with Crippen molar-refractivity contribution in [3.63, 3.8) is 0 Å². The Labute approximate surface area is 126 Å². The summed E-state index contributed by atoms with van der Waals surface area (Å²) >= 11 is 0. The van der Waals surface area contributed by atoms with Gasteiger partial charge < -0.3 is 19.9 Å². The summed E-state index contributed by atoms with van der Waals surface area (Å²) in [5.74, 6) is -0.222. The van der Waals surface area contributed by atoms with Gasteiger partial charge in [0.2, 0.25) is 0 Å². The van der Waals surface area contributed by atoms with E-state index in [0.29, 0.717) is 18.8 Å². The van der Waals surface area contributed by atoms with E-state index in [1.807, 2.05) is 0 Å². The fourth-order valence-corrected chi connectivity index (χ4v) is 1.92. The molecule has 0 aliphatic heterocycles. The van der Waals surface area contributed by atoms with Gasteiger partial charge in [-0.25, -0.2) is 4.39 Å². The Morgan fingerprint density at radius 3 is 2.76 bits per heavy atom. The third kappa shape index (κ3) is 7.29. The molecule has 5 heteroatoms. The highest BCUT2D eigenvalue weighted by Crippen LogP contribution is 2.20. The van der Waals surface area contributed by atoms with E-state index < -0.39 is 11.9 Å². The van der Waals surface area contributed by atoms with E-state index in [-0.39, 0.29) is 12.4 Å². The molecule has 1 rings (SSSR count). The summed E-state index contributed by atoms with van der Waals surface area (Å²) in [5.41, 5.74) is 0.607. The first-order chi connectivity index (χ1) is 10.2. The molecule has 120 valence electrons. The van der Waals surface area contributed by atoms with Crippen LogP contribution in [0.2, 0.25) is 0 Å². The standard InChI is InChI=1S/C16H26FNO3/c1-3-4-5-6-9-21-12-14(19)11-18-13-7-8-16(20-2)15(17)10-13/h7-8,10,14,18-19H,3-6,9,11-12H2,1-2H3. The number of methoxy groups -OCH3 is 1. The Balaban J connectivity index is 2.17. The number of unbranched alkanes of at least 4 members (excludes halogenated alkanes) is 3. The van der Waals surface area contributed by atoms with Gasteiger partial charge in [-0.05, 0) is 18.6 Å². The fourth-order valence-electron chi connectivity index (χ4n) is 1.92. The Morgan fingerprint density at radius 2 is 2.10 bits per heavy atom. The molecule has 21 heavy (non-hydrogen) atoms. The zero-order valence-corrected chi connectivity index (χ0v) is 12.9. The van der Waals surface area contributed by atoms with Crippen molar-refractivity contribution in [2.24, 2.45) is 0 Å². The van der Waals surface area contributed by atoms with Crippen LogP contribution in [0.1, 0.15) is 32.6 Å². The van der Waals surface area contributed by atoms with Crippen molar-refractivity contribution in [3.8, 4) is 5.75 Å². The summed E-state index contributed by atoms with van der Waals surface area (Å²) < 4.78 is 23.7. The second-order valence-electron chi connectivity index (χ2n) is 5.02. The lowest BCUT2D eigenvalue weighted by atomic mass is 10.2. The normalized spacial score (nSPS) is 12.2. The molecule has 1 unspecified atom stereocenters. The van der Waals surface area contributed by atoms with Gasteiger partial charge in [-0.3, -0.25) is 0 Å². The average molecular weight is 299 g/mol. The maximum absolute atomic E-state index is 13.5. The molecule has 0 radical (unpaired) electrons. The molecule has 1 aromatic carbocycles. The smallest absolute Gasteiger partial charge is 0.167 e. The van der Waals surface area contributed by atoms with Gasteiger partial charge in [0, 0.05) is 24.9 Å². The maximum atomic E-state index is 13.5. The van der Waals surface area contributed by atoms with Crippen LogP contribution in [0.15, 0.2) is 18.2 Å². The van der Waals surface area contributed by atoms with Crippen LogP contribution >= 0.6 is 0 Å². The number of aliphatic hydroxyl groups is 1. The molecule has 1 aromatic rings. The van der Waals surface area contributed by atoms with E-state index in [9.17, 15) is 9.50 Å². The van der Waals surface area contributed by atoms with Crippen molar-refractivity contribution in [2.45, 2.75) is 38.7 Å². The van der Waals surface area contributed by atoms with E-state index in [2.05, 4.69) is 12.2 Å². The van der Waals surface area contributed by atoms with E-state index >= 15 is 0 Å². The summed E-state index contributed by atoms with van der Waals surface area (Å²) in [5, 5.41) is 12.7. The summed E-state index contributed by atoms with van der Waals surface area (Å²) in [6, 6.07) is 4.60. The molecular formula is C16H26FNO3. The molecular weight excluding hydrogens is 273 g/mol. The number of rotatable bonds is 11. The first-order valence-electron chi connectivity index (χ1n) is 7.50. The predicted molar refractivity (Wildman–Crippen MR) is 82.4 cm³/mol. The highest BCUT2D eigenvalue weighted by molar-refractivity contribution is 5.47. The van der Waals surface area contributed by atoms with Gasteiger partial charge >= 0.3 is 0 Å². The Morgan fingerprint density at radius 1 is 1.29 bits per heavy atom. The van der Waals surface area contributed by atoms with Crippen molar-refractivity contribution in [1.29, 1.82) is 0 Å². The summed E-state index contributed by atoms with van der Waals surface area (Å²) in [6.07, 6.45) is 4.00. The number of anilines is 1. The van der Waals surface area contributed by atoms with Gasteiger partial charge in [0.05, 0.1) is 19.8 Å². The van der Waals surface area contributed by atoms with Gasteiger partial charge in [0.1, 0.15) is 0 Å². The maximum Gasteiger partial charge on any atom is 0.167 e. The molecule has 0 saturated heterocycles. The molecule has 0 saturated carbocycles. The van der Waals surface area contributed by atoms with Crippen LogP contribution in [-0.4, -0.2) is 38.1 Å². The number of halogens is 1. The molecule has 0 spiro atoms. The molecule has 0 aliphatic rings. The van der Waals surface area contributed by atoms with Crippen molar-refractivity contribution in [3.05, 3.63) is 24.0 Å². The largest absolute Gasteiger partial charge is 0.494 e. The number of ether oxygens (including phenoxy) is 2. The Kier molecular flexibility index (Phi) is 8.78. The lowest BCUT2D eigenvalue weighted by Crippen LogP contribution is -2.25. The molecule has 0 amide bonds. The molecule has 0 heterocycles. The molecule has 0 aliphatic carbocycles. The second kappa shape index (κ2) is 10.4. The topological polar surface area (TPSA) is 50.7 Å². The number of benzene rings is 1. The Bertz CT molecular complexity index is 401. The quantitative estimate of drug-likeness (QED) is 0.616. The summed E-state index contributed by atoms with van der Waals surface area (Å²) in [4.78, 5) is 0. The fraction of sp³-hybridized carbons (Fsp3) is 0.625. The molecule has 2 N–H and O–H groups in total. The number of hydrogen-bond acceptors (Lipinski definition) is 4. The molecule has 0 aromatic heterocycles. The van der Waals surface area contributed by atoms with Crippen LogP contribution in [0.4, 0.5) is 10.1 Å². The number of hydrogen-bond donors (Lipinski definition) is 2. The van der Waals surface area contributed by atoms with Crippen molar-refractivity contribution in [1.82, 2.24) is 0 Å². The lowest BCUT2D eigenvalue weighted by Gasteiger charge is -2.14. The van der Waals surface area contributed by atoms with Gasteiger partial charge in [-0.2, -0.15) is 0 Å². The molecule has 4 nitrogen and oxygen atoms in total. The minimum absolute atomic E-state index is 0.205. The number of nitrogens with one attached hydrogen (secondary N) is 1. The molecule has 0 fully saturated rings. The van der Waals surface area contributed by atoms with Crippen molar-refractivity contribution in [2.75, 3.05) is 32.2 Å². The highest BCUT2D eigenvalue weighted by Gasteiger charge is 2.06. The van der Waals surface area contributed by atoms with Crippen LogP contribution < -0.4 is 10.1 Å². The predicted octanol–water partition coefficient (Wildman–Crippen LogP) is 3.20. The van der Waals surface area contributed by atoms with Gasteiger partial charge in [0.25, 0.3) is 0 Å².